The van der Waals surface area contributed by atoms with E-state index in [9.17, 15) is 24.3 Å². The highest BCUT2D eigenvalue weighted by molar-refractivity contribution is 6.31. The molecule has 0 radical (unpaired) electrons. The SMILES string of the molecule is CCCCCCCOc1ccc(C(=O)Oc2ccc(C[C@H](NC(=O)c3ccc(NC(=O)Cc4ccc(OC)cc4Cl)cc3)C(=O)O)cc2)cc1. The number of carboxylic acid groups (broad SMARTS) is 1. The topological polar surface area (TPSA) is 140 Å². The van der Waals surface area contributed by atoms with Crippen molar-refractivity contribution in [3.05, 3.63) is 118 Å². The Labute approximate surface area is 296 Å². The van der Waals surface area contributed by atoms with Crippen LogP contribution in [0, 0.1) is 0 Å². The number of ether oxygens (including phenoxy) is 3. The second-order valence-corrected chi connectivity index (χ2v) is 12.1. The second kappa shape index (κ2) is 19.0. The van der Waals surface area contributed by atoms with E-state index in [0.29, 0.717) is 51.3 Å². The molecule has 0 saturated heterocycles. The smallest absolute Gasteiger partial charge is 0.343 e. The first kappa shape index (κ1) is 37.5. The van der Waals surface area contributed by atoms with Gasteiger partial charge in [0.2, 0.25) is 5.91 Å². The van der Waals surface area contributed by atoms with Gasteiger partial charge < -0.3 is 30.0 Å². The third kappa shape index (κ3) is 11.7. The zero-order valence-electron chi connectivity index (χ0n) is 28.1. The fourth-order valence-corrected chi connectivity index (χ4v) is 5.24. The summed E-state index contributed by atoms with van der Waals surface area (Å²) in [7, 11) is 1.53. The highest BCUT2D eigenvalue weighted by Crippen LogP contribution is 2.23. The molecule has 4 rings (SSSR count). The summed E-state index contributed by atoms with van der Waals surface area (Å²) in [4.78, 5) is 50.1. The van der Waals surface area contributed by atoms with E-state index >= 15 is 0 Å². The highest BCUT2D eigenvalue weighted by Gasteiger charge is 2.22. The number of carbonyl (C=O) groups excluding carboxylic acids is 3. The Balaban J connectivity index is 1.25. The standard InChI is InChI=1S/C39H41ClN2O8/c1-3-4-5-6-7-22-49-31-19-12-28(13-20-31)39(47)50-32-17-8-26(9-18-32)23-35(38(45)46)42-37(44)27-10-15-30(16-11-27)41-36(43)24-29-14-21-33(48-2)25-34(29)40/h8-21,25,35H,3-7,22-24H2,1-2H3,(H,41,43)(H,42,44)(H,45,46)/t35-/m0/s1. The Morgan fingerprint density at radius 2 is 1.42 bits per heavy atom. The predicted molar refractivity (Wildman–Crippen MR) is 191 cm³/mol. The van der Waals surface area contributed by atoms with Gasteiger partial charge in [0, 0.05) is 22.7 Å². The molecule has 11 heteroatoms. The lowest BCUT2D eigenvalue weighted by Crippen LogP contribution is -2.42. The molecule has 262 valence electrons. The molecule has 0 aliphatic carbocycles. The van der Waals surface area contributed by atoms with Crippen LogP contribution in [0.25, 0.3) is 0 Å². The van der Waals surface area contributed by atoms with Gasteiger partial charge in [0.1, 0.15) is 23.3 Å². The number of amides is 2. The van der Waals surface area contributed by atoms with Crippen LogP contribution in [0.4, 0.5) is 5.69 Å². The van der Waals surface area contributed by atoms with Crippen molar-refractivity contribution in [2.24, 2.45) is 0 Å². The van der Waals surface area contributed by atoms with Crippen molar-refractivity contribution in [1.82, 2.24) is 5.32 Å². The molecule has 1 atom stereocenters. The van der Waals surface area contributed by atoms with Gasteiger partial charge in [-0.15, -0.1) is 0 Å². The fraction of sp³-hybridized carbons (Fsp3) is 0.282. The lowest BCUT2D eigenvalue weighted by atomic mass is 10.0. The van der Waals surface area contributed by atoms with Crippen molar-refractivity contribution in [2.45, 2.75) is 57.9 Å². The van der Waals surface area contributed by atoms with Gasteiger partial charge in [-0.3, -0.25) is 9.59 Å². The van der Waals surface area contributed by atoms with E-state index in [1.165, 1.54) is 38.5 Å². The summed E-state index contributed by atoms with van der Waals surface area (Å²) in [6.45, 7) is 2.81. The molecule has 2 amide bonds. The number of unbranched alkanes of at least 4 members (excludes halogenated alkanes) is 4. The zero-order valence-corrected chi connectivity index (χ0v) is 28.8. The molecular weight excluding hydrogens is 660 g/mol. The van der Waals surface area contributed by atoms with Crippen molar-refractivity contribution in [3.63, 3.8) is 0 Å². The van der Waals surface area contributed by atoms with Crippen LogP contribution in [-0.2, 0) is 22.4 Å². The first-order chi connectivity index (χ1) is 24.1. The second-order valence-electron chi connectivity index (χ2n) is 11.6. The average Bonchev–Trinajstić information content (AvgIpc) is 3.11. The fourth-order valence-electron chi connectivity index (χ4n) is 5.00. The molecular formula is C39H41ClN2O8. The lowest BCUT2D eigenvalue weighted by Gasteiger charge is -2.15. The van der Waals surface area contributed by atoms with E-state index < -0.39 is 23.9 Å². The van der Waals surface area contributed by atoms with Crippen LogP contribution in [0.5, 0.6) is 17.2 Å². The number of hydrogen-bond donors (Lipinski definition) is 3. The Kier molecular flexibility index (Phi) is 14.2. The number of halogens is 1. The van der Waals surface area contributed by atoms with E-state index in [0.717, 1.165) is 12.8 Å². The summed E-state index contributed by atoms with van der Waals surface area (Å²) >= 11 is 6.23. The number of methoxy groups -OCH3 is 1. The highest BCUT2D eigenvalue weighted by atomic mass is 35.5. The molecule has 0 bridgehead atoms. The van der Waals surface area contributed by atoms with E-state index in [-0.39, 0.29) is 24.3 Å². The third-order valence-electron chi connectivity index (χ3n) is 7.83. The molecule has 50 heavy (non-hydrogen) atoms. The maximum Gasteiger partial charge on any atom is 0.343 e. The first-order valence-corrected chi connectivity index (χ1v) is 16.8. The summed E-state index contributed by atoms with van der Waals surface area (Å²) in [5.41, 5.74) is 2.29. The van der Waals surface area contributed by atoms with Gasteiger partial charge in [-0.2, -0.15) is 0 Å². The molecule has 0 fully saturated rings. The molecule has 0 aliphatic heterocycles. The monoisotopic (exact) mass is 700 g/mol. The molecule has 0 heterocycles. The summed E-state index contributed by atoms with van der Waals surface area (Å²) < 4.78 is 16.4. The summed E-state index contributed by atoms with van der Waals surface area (Å²) in [6, 6.07) is 23.1. The molecule has 0 aliphatic rings. The van der Waals surface area contributed by atoms with Gasteiger partial charge in [-0.05, 0) is 90.3 Å². The first-order valence-electron chi connectivity index (χ1n) is 16.4. The molecule has 4 aromatic carbocycles. The summed E-state index contributed by atoms with van der Waals surface area (Å²) in [5.74, 6) is -1.07. The largest absolute Gasteiger partial charge is 0.497 e. The number of carboxylic acids is 1. The minimum atomic E-state index is -1.22. The van der Waals surface area contributed by atoms with Gasteiger partial charge in [0.25, 0.3) is 5.91 Å². The number of hydrogen-bond acceptors (Lipinski definition) is 7. The van der Waals surface area contributed by atoms with Crippen LogP contribution in [0.2, 0.25) is 5.02 Å². The minimum Gasteiger partial charge on any atom is -0.497 e. The van der Waals surface area contributed by atoms with Crippen LogP contribution in [0.3, 0.4) is 0 Å². The van der Waals surface area contributed by atoms with Crippen molar-refractivity contribution in [1.29, 1.82) is 0 Å². The molecule has 10 nitrogen and oxygen atoms in total. The van der Waals surface area contributed by atoms with E-state index in [2.05, 4.69) is 17.6 Å². The number of anilines is 1. The molecule has 3 N–H and O–H groups in total. The molecule has 0 unspecified atom stereocenters. The van der Waals surface area contributed by atoms with E-state index in [1.807, 2.05) is 0 Å². The third-order valence-corrected chi connectivity index (χ3v) is 8.18. The van der Waals surface area contributed by atoms with Crippen LogP contribution < -0.4 is 24.8 Å². The number of esters is 1. The zero-order chi connectivity index (χ0) is 35.9. The Hall–Kier alpha value is -5.35. The molecule has 4 aromatic rings. The van der Waals surface area contributed by atoms with Crippen LogP contribution in [0.15, 0.2) is 91.0 Å². The van der Waals surface area contributed by atoms with Gasteiger partial charge >= 0.3 is 11.9 Å². The van der Waals surface area contributed by atoms with Crippen LogP contribution in [-0.4, -0.2) is 48.6 Å². The van der Waals surface area contributed by atoms with Gasteiger partial charge in [0.15, 0.2) is 0 Å². The van der Waals surface area contributed by atoms with Crippen LogP contribution in [0.1, 0.15) is 70.9 Å². The Morgan fingerprint density at radius 3 is 2.06 bits per heavy atom. The predicted octanol–water partition coefficient (Wildman–Crippen LogP) is 7.52. The number of rotatable bonds is 18. The lowest BCUT2D eigenvalue weighted by molar-refractivity contribution is -0.139. The van der Waals surface area contributed by atoms with Crippen molar-refractivity contribution in [3.8, 4) is 17.2 Å². The van der Waals surface area contributed by atoms with Gasteiger partial charge in [0.05, 0.1) is 25.7 Å². The normalized spacial score (nSPS) is 11.3. The van der Waals surface area contributed by atoms with Crippen molar-refractivity contribution >= 4 is 41.0 Å². The summed E-state index contributed by atoms with van der Waals surface area (Å²) in [6.07, 6.45) is 5.78. The van der Waals surface area contributed by atoms with Gasteiger partial charge in [-0.25, -0.2) is 9.59 Å². The van der Waals surface area contributed by atoms with Gasteiger partial charge in [-0.1, -0.05) is 62.4 Å². The maximum atomic E-state index is 12.9. The minimum absolute atomic E-state index is 0.00255. The number of carbonyl (C=O) groups is 4. The van der Waals surface area contributed by atoms with Crippen molar-refractivity contribution < 1.29 is 38.5 Å². The maximum absolute atomic E-state index is 12.9. The number of benzene rings is 4. The average molecular weight is 701 g/mol. The molecule has 0 spiro atoms. The van der Waals surface area contributed by atoms with Crippen LogP contribution >= 0.6 is 11.6 Å². The Bertz CT molecular complexity index is 1740. The van der Waals surface area contributed by atoms with Crippen molar-refractivity contribution in [2.75, 3.05) is 19.0 Å². The Morgan fingerprint density at radius 1 is 0.780 bits per heavy atom. The quantitative estimate of drug-likeness (QED) is 0.0550. The number of aliphatic carboxylic acids is 1. The summed E-state index contributed by atoms with van der Waals surface area (Å²) in [5, 5.41) is 15.5. The van der Waals surface area contributed by atoms with E-state index in [1.54, 1.807) is 78.9 Å². The molecule has 0 saturated carbocycles. The number of nitrogens with one attached hydrogen (secondary N) is 2. The van der Waals surface area contributed by atoms with E-state index in [4.69, 9.17) is 25.8 Å². The molecule has 0 aromatic heterocycles.